The van der Waals surface area contributed by atoms with E-state index in [-0.39, 0.29) is 5.91 Å². The van der Waals surface area contributed by atoms with Gasteiger partial charge in [-0.2, -0.15) is 0 Å². The van der Waals surface area contributed by atoms with Crippen LogP contribution in [0.3, 0.4) is 0 Å². The number of amides is 1. The number of nitrogens with zero attached hydrogens (tertiary/aromatic N) is 1. The Balaban J connectivity index is 2.33. The monoisotopic (exact) mass is 263 g/mol. The molecule has 0 radical (unpaired) electrons. The van der Waals surface area contributed by atoms with Crippen LogP contribution in [0.25, 0.3) is 0 Å². The molecular weight excluding hydrogens is 238 g/mol. The van der Waals surface area contributed by atoms with Crippen LogP contribution in [0.4, 0.5) is 5.69 Å². The second kappa shape index (κ2) is 7.79. The lowest BCUT2D eigenvalue weighted by atomic mass is 10.1. The van der Waals surface area contributed by atoms with Gasteiger partial charge in [-0.1, -0.05) is 19.1 Å². The summed E-state index contributed by atoms with van der Waals surface area (Å²) in [4.78, 5) is 13.7. The van der Waals surface area contributed by atoms with Gasteiger partial charge in [0.25, 0.3) is 0 Å². The van der Waals surface area contributed by atoms with Gasteiger partial charge in [0.1, 0.15) is 0 Å². The van der Waals surface area contributed by atoms with Crippen molar-refractivity contribution < 1.29 is 4.79 Å². The third-order valence-corrected chi connectivity index (χ3v) is 3.21. The Morgan fingerprint density at radius 3 is 2.47 bits per heavy atom. The van der Waals surface area contributed by atoms with E-state index >= 15 is 0 Å². The molecule has 0 aliphatic carbocycles. The molecule has 1 unspecified atom stereocenters. The molecule has 0 saturated heterocycles. The summed E-state index contributed by atoms with van der Waals surface area (Å²) >= 11 is 0. The fraction of sp³-hybridized carbons (Fsp3) is 0.533. The Kier molecular flexibility index (Phi) is 6.36. The molecular formula is C15H25N3O. The van der Waals surface area contributed by atoms with Crippen molar-refractivity contribution in [2.75, 3.05) is 25.5 Å². The van der Waals surface area contributed by atoms with Crippen molar-refractivity contribution in [1.29, 1.82) is 0 Å². The standard InChI is InChI=1S/C15H25N3O/c1-12(10-16)4-9-15(19)17-11-13-5-7-14(8-6-13)18(2)3/h5-8,12H,4,9-11,16H2,1-3H3,(H,17,19). The molecule has 19 heavy (non-hydrogen) atoms. The normalized spacial score (nSPS) is 12.0. The molecule has 1 amide bonds. The molecule has 0 bridgehead atoms. The molecule has 4 nitrogen and oxygen atoms in total. The van der Waals surface area contributed by atoms with Gasteiger partial charge >= 0.3 is 0 Å². The van der Waals surface area contributed by atoms with Crippen LogP contribution >= 0.6 is 0 Å². The van der Waals surface area contributed by atoms with Crippen LogP contribution in [-0.4, -0.2) is 26.5 Å². The highest BCUT2D eigenvalue weighted by molar-refractivity contribution is 5.75. The van der Waals surface area contributed by atoms with Crippen molar-refractivity contribution in [1.82, 2.24) is 5.32 Å². The second-order valence-electron chi connectivity index (χ2n) is 5.22. The Morgan fingerprint density at radius 1 is 1.32 bits per heavy atom. The highest BCUT2D eigenvalue weighted by Gasteiger charge is 2.05. The van der Waals surface area contributed by atoms with E-state index in [9.17, 15) is 4.79 Å². The molecule has 1 rings (SSSR count). The summed E-state index contributed by atoms with van der Waals surface area (Å²) in [6, 6.07) is 8.19. The lowest BCUT2D eigenvalue weighted by Crippen LogP contribution is -2.24. The average Bonchev–Trinajstić information content (AvgIpc) is 2.42. The molecule has 3 N–H and O–H groups in total. The van der Waals surface area contributed by atoms with Gasteiger partial charge in [-0.25, -0.2) is 0 Å². The highest BCUT2D eigenvalue weighted by Crippen LogP contribution is 2.12. The number of anilines is 1. The Bertz CT molecular complexity index is 387. The fourth-order valence-corrected chi connectivity index (χ4v) is 1.70. The summed E-state index contributed by atoms with van der Waals surface area (Å²) < 4.78 is 0. The van der Waals surface area contributed by atoms with Crippen molar-refractivity contribution in [3.8, 4) is 0 Å². The first-order chi connectivity index (χ1) is 9.02. The Hall–Kier alpha value is -1.55. The van der Waals surface area contributed by atoms with E-state index in [1.54, 1.807) is 0 Å². The minimum Gasteiger partial charge on any atom is -0.378 e. The Labute approximate surface area is 116 Å². The fourth-order valence-electron chi connectivity index (χ4n) is 1.70. The molecule has 0 aromatic heterocycles. The number of nitrogens with one attached hydrogen (secondary N) is 1. The van der Waals surface area contributed by atoms with Crippen LogP contribution in [-0.2, 0) is 11.3 Å². The van der Waals surface area contributed by atoms with E-state index in [2.05, 4.69) is 29.3 Å². The number of rotatable bonds is 7. The van der Waals surface area contributed by atoms with Crippen LogP contribution in [0, 0.1) is 5.92 Å². The van der Waals surface area contributed by atoms with E-state index < -0.39 is 0 Å². The van der Waals surface area contributed by atoms with Crippen molar-refractivity contribution in [3.63, 3.8) is 0 Å². The molecule has 0 fully saturated rings. The van der Waals surface area contributed by atoms with Crippen LogP contribution in [0.15, 0.2) is 24.3 Å². The van der Waals surface area contributed by atoms with Crippen molar-refractivity contribution >= 4 is 11.6 Å². The summed E-state index contributed by atoms with van der Waals surface area (Å²) in [6.07, 6.45) is 1.40. The number of hydrogen-bond acceptors (Lipinski definition) is 3. The van der Waals surface area contributed by atoms with E-state index in [1.165, 1.54) is 0 Å². The maximum Gasteiger partial charge on any atom is 0.220 e. The van der Waals surface area contributed by atoms with E-state index in [4.69, 9.17) is 5.73 Å². The van der Waals surface area contributed by atoms with Gasteiger partial charge in [0, 0.05) is 32.7 Å². The van der Waals surface area contributed by atoms with Crippen LogP contribution in [0.5, 0.6) is 0 Å². The lowest BCUT2D eigenvalue weighted by molar-refractivity contribution is -0.121. The highest BCUT2D eigenvalue weighted by atomic mass is 16.1. The van der Waals surface area contributed by atoms with E-state index in [0.717, 1.165) is 17.7 Å². The second-order valence-corrected chi connectivity index (χ2v) is 5.22. The minimum atomic E-state index is 0.0944. The summed E-state index contributed by atoms with van der Waals surface area (Å²) in [5, 5.41) is 2.93. The first kappa shape index (κ1) is 15.5. The zero-order chi connectivity index (χ0) is 14.3. The topological polar surface area (TPSA) is 58.4 Å². The number of carbonyl (C=O) groups is 1. The molecule has 1 aromatic carbocycles. The number of hydrogen-bond donors (Lipinski definition) is 2. The first-order valence-corrected chi connectivity index (χ1v) is 6.76. The zero-order valence-electron chi connectivity index (χ0n) is 12.1. The van der Waals surface area contributed by atoms with Gasteiger partial charge in [-0.3, -0.25) is 4.79 Å². The SMILES string of the molecule is CC(CN)CCC(=O)NCc1ccc(N(C)C)cc1. The Morgan fingerprint density at radius 2 is 1.95 bits per heavy atom. The summed E-state index contributed by atoms with van der Waals surface area (Å²) in [6.45, 7) is 3.29. The van der Waals surface area contributed by atoms with Gasteiger partial charge in [0.15, 0.2) is 0 Å². The maximum atomic E-state index is 11.7. The van der Waals surface area contributed by atoms with Gasteiger partial charge in [-0.05, 0) is 36.6 Å². The molecule has 0 aliphatic heterocycles. The van der Waals surface area contributed by atoms with Gasteiger partial charge in [0.2, 0.25) is 5.91 Å². The predicted octanol–water partition coefficient (Wildman–Crippen LogP) is 1.74. The number of nitrogens with two attached hydrogens (primary N) is 1. The smallest absolute Gasteiger partial charge is 0.220 e. The van der Waals surface area contributed by atoms with E-state index in [1.807, 2.05) is 26.2 Å². The molecule has 0 aliphatic rings. The van der Waals surface area contributed by atoms with E-state index in [0.29, 0.717) is 25.4 Å². The van der Waals surface area contributed by atoms with Gasteiger partial charge < -0.3 is 16.0 Å². The first-order valence-electron chi connectivity index (χ1n) is 6.76. The summed E-state index contributed by atoms with van der Waals surface area (Å²) in [7, 11) is 4.02. The predicted molar refractivity (Wildman–Crippen MR) is 80.1 cm³/mol. The zero-order valence-corrected chi connectivity index (χ0v) is 12.1. The molecule has 0 spiro atoms. The maximum absolute atomic E-state index is 11.7. The number of benzene rings is 1. The summed E-state index contributed by atoms with van der Waals surface area (Å²) in [5.74, 6) is 0.502. The molecule has 106 valence electrons. The van der Waals surface area contributed by atoms with Crippen molar-refractivity contribution in [2.45, 2.75) is 26.3 Å². The summed E-state index contributed by atoms with van der Waals surface area (Å²) in [5.41, 5.74) is 7.80. The third kappa shape index (κ3) is 5.75. The van der Waals surface area contributed by atoms with Gasteiger partial charge in [0.05, 0.1) is 0 Å². The molecule has 1 atom stereocenters. The average molecular weight is 263 g/mol. The van der Waals surface area contributed by atoms with Crippen molar-refractivity contribution in [2.24, 2.45) is 11.7 Å². The molecule has 1 aromatic rings. The molecule has 0 heterocycles. The third-order valence-electron chi connectivity index (χ3n) is 3.21. The molecule has 0 saturated carbocycles. The quantitative estimate of drug-likeness (QED) is 0.788. The molecule has 4 heteroatoms. The van der Waals surface area contributed by atoms with Crippen LogP contribution < -0.4 is 16.0 Å². The van der Waals surface area contributed by atoms with Gasteiger partial charge in [-0.15, -0.1) is 0 Å². The number of carbonyl (C=O) groups excluding carboxylic acids is 1. The van der Waals surface area contributed by atoms with Crippen LogP contribution in [0.2, 0.25) is 0 Å². The lowest BCUT2D eigenvalue weighted by Gasteiger charge is -2.13. The largest absolute Gasteiger partial charge is 0.378 e. The van der Waals surface area contributed by atoms with Crippen molar-refractivity contribution in [3.05, 3.63) is 29.8 Å². The van der Waals surface area contributed by atoms with Crippen LogP contribution in [0.1, 0.15) is 25.3 Å². The minimum absolute atomic E-state index is 0.0944.